The van der Waals surface area contributed by atoms with Crippen molar-refractivity contribution in [2.24, 2.45) is 0 Å². The molecule has 34 heavy (non-hydrogen) atoms. The maximum Gasteiger partial charge on any atom is 0.328 e. The van der Waals surface area contributed by atoms with Gasteiger partial charge in [-0.3, -0.25) is 9.69 Å². The second kappa shape index (κ2) is 9.02. The van der Waals surface area contributed by atoms with Crippen LogP contribution in [0.1, 0.15) is 36.7 Å². The third-order valence-corrected chi connectivity index (χ3v) is 6.86. The van der Waals surface area contributed by atoms with E-state index >= 15 is 0 Å². The lowest BCUT2D eigenvalue weighted by atomic mass is 9.87. The summed E-state index contributed by atoms with van der Waals surface area (Å²) in [5.41, 5.74) is 3.76. The fraction of sp³-hybridized carbons (Fsp3) is 0.385. The molecule has 0 radical (unpaired) electrons. The molecule has 2 atom stereocenters. The number of benzene rings is 2. The highest BCUT2D eigenvalue weighted by Crippen LogP contribution is 2.44. The normalized spacial score (nSPS) is 18.9. The summed E-state index contributed by atoms with van der Waals surface area (Å²) in [6, 6.07) is 12.5. The number of H-pyrrole nitrogens is 1. The summed E-state index contributed by atoms with van der Waals surface area (Å²) in [5.74, 6) is 0.758. The van der Waals surface area contributed by atoms with E-state index in [4.69, 9.17) is 14.2 Å². The molecule has 178 valence electrons. The van der Waals surface area contributed by atoms with Crippen molar-refractivity contribution in [1.29, 1.82) is 0 Å². The van der Waals surface area contributed by atoms with Gasteiger partial charge >= 0.3 is 5.97 Å². The lowest BCUT2D eigenvalue weighted by molar-refractivity contribution is -0.155. The Labute approximate surface area is 198 Å². The van der Waals surface area contributed by atoms with E-state index in [1.54, 1.807) is 4.90 Å². The molecule has 0 saturated carbocycles. The number of amides is 1. The molecular weight excluding hydrogens is 434 g/mol. The molecule has 0 saturated heterocycles. The van der Waals surface area contributed by atoms with Crippen LogP contribution < -0.4 is 9.47 Å². The zero-order chi connectivity index (χ0) is 23.8. The third kappa shape index (κ3) is 3.68. The number of esters is 1. The molecule has 0 aliphatic carbocycles. The SMILES string of the molecule is CCN(CC)CC(=O)N1[C@H](c2ccc3c(c2)OCO3)c2[nH]c3ccccc3c2C[C@@H]1C(=O)OC. The van der Waals surface area contributed by atoms with Gasteiger partial charge in [0.1, 0.15) is 6.04 Å². The van der Waals surface area contributed by atoms with Crippen LogP contribution in [0.25, 0.3) is 10.9 Å². The molecule has 5 rings (SSSR count). The van der Waals surface area contributed by atoms with E-state index in [-0.39, 0.29) is 19.2 Å². The second-order valence-electron chi connectivity index (χ2n) is 8.58. The highest BCUT2D eigenvalue weighted by Gasteiger charge is 2.44. The Balaban J connectivity index is 1.69. The maximum atomic E-state index is 13.8. The number of methoxy groups -OCH3 is 1. The van der Waals surface area contributed by atoms with Crippen molar-refractivity contribution < 1.29 is 23.8 Å². The Kier molecular flexibility index (Phi) is 5.91. The number of carbonyl (C=O) groups excluding carboxylic acids is 2. The highest BCUT2D eigenvalue weighted by atomic mass is 16.7. The summed E-state index contributed by atoms with van der Waals surface area (Å²) in [5, 5.41) is 1.05. The molecule has 1 aromatic heterocycles. The zero-order valence-corrected chi connectivity index (χ0v) is 19.7. The van der Waals surface area contributed by atoms with Crippen molar-refractivity contribution in [3.05, 3.63) is 59.3 Å². The van der Waals surface area contributed by atoms with Gasteiger partial charge in [0.05, 0.1) is 19.7 Å². The third-order valence-electron chi connectivity index (χ3n) is 6.86. The first-order valence-corrected chi connectivity index (χ1v) is 11.7. The number of nitrogens with one attached hydrogen (secondary N) is 1. The number of fused-ring (bicyclic) bond motifs is 4. The minimum absolute atomic E-state index is 0.119. The number of hydrogen-bond donors (Lipinski definition) is 1. The van der Waals surface area contributed by atoms with Crippen LogP contribution in [-0.4, -0.2) is 66.2 Å². The van der Waals surface area contributed by atoms with Crippen LogP contribution in [0.5, 0.6) is 11.5 Å². The summed E-state index contributed by atoms with van der Waals surface area (Å²) in [7, 11) is 1.37. The van der Waals surface area contributed by atoms with E-state index in [1.165, 1.54) is 7.11 Å². The van der Waals surface area contributed by atoms with Crippen molar-refractivity contribution in [2.45, 2.75) is 32.4 Å². The zero-order valence-electron chi connectivity index (χ0n) is 19.7. The molecule has 2 aliphatic rings. The van der Waals surface area contributed by atoms with Gasteiger partial charge in [-0.05, 0) is 42.4 Å². The van der Waals surface area contributed by atoms with Gasteiger partial charge in [0.15, 0.2) is 11.5 Å². The van der Waals surface area contributed by atoms with E-state index < -0.39 is 18.1 Å². The molecule has 3 heterocycles. The van der Waals surface area contributed by atoms with Crippen LogP contribution in [0.3, 0.4) is 0 Å². The fourth-order valence-electron chi connectivity index (χ4n) is 5.07. The Morgan fingerprint density at radius 3 is 2.65 bits per heavy atom. The van der Waals surface area contributed by atoms with Crippen molar-refractivity contribution >= 4 is 22.8 Å². The molecule has 0 unspecified atom stereocenters. The average Bonchev–Trinajstić information content (AvgIpc) is 3.49. The molecule has 8 heteroatoms. The van der Waals surface area contributed by atoms with Gasteiger partial charge in [-0.25, -0.2) is 4.79 Å². The van der Waals surface area contributed by atoms with Crippen LogP contribution in [0, 0.1) is 0 Å². The summed E-state index contributed by atoms with van der Waals surface area (Å²) in [6.45, 7) is 5.91. The minimum atomic E-state index is -0.741. The van der Waals surface area contributed by atoms with Crippen LogP contribution in [0.2, 0.25) is 0 Å². The number of para-hydroxylation sites is 1. The van der Waals surface area contributed by atoms with Crippen molar-refractivity contribution in [3.8, 4) is 11.5 Å². The average molecular weight is 464 g/mol. The van der Waals surface area contributed by atoms with Crippen molar-refractivity contribution in [2.75, 3.05) is 33.5 Å². The monoisotopic (exact) mass is 463 g/mol. The Hall–Kier alpha value is -3.52. The Morgan fingerprint density at radius 1 is 1.12 bits per heavy atom. The van der Waals surface area contributed by atoms with Gasteiger partial charge in [0.25, 0.3) is 0 Å². The van der Waals surface area contributed by atoms with Gasteiger partial charge in [0.2, 0.25) is 12.7 Å². The lowest BCUT2D eigenvalue weighted by Crippen LogP contribution is -2.54. The molecule has 8 nitrogen and oxygen atoms in total. The largest absolute Gasteiger partial charge is 0.467 e. The standard InChI is InChI=1S/C26H29N3O5/c1-4-28(5-2)14-23(30)29-20(26(31)32-3)13-18-17-8-6-7-9-19(17)27-24(18)25(29)16-10-11-21-22(12-16)34-15-33-21/h6-12,20,25,27H,4-5,13-15H2,1-3H3/t20-,25-/m1/s1. The fourth-order valence-corrected chi connectivity index (χ4v) is 5.07. The first kappa shape index (κ1) is 22.3. The molecule has 1 amide bonds. The molecule has 3 aromatic rings. The van der Waals surface area contributed by atoms with Gasteiger partial charge in [-0.15, -0.1) is 0 Å². The van der Waals surface area contributed by atoms with Gasteiger partial charge in [0, 0.05) is 23.0 Å². The number of rotatable bonds is 6. The molecular formula is C26H29N3O5. The first-order chi connectivity index (χ1) is 16.5. The predicted molar refractivity (Wildman–Crippen MR) is 127 cm³/mol. The summed E-state index contributed by atoms with van der Waals surface area (Å²) < 4.78 is 16.3. The Bertz CT molecular complexity index is 1230. The number of likely N-dealkylation sites (N-methyl/N-ethyl adjacent to an activating group) is 1. The Morgan fingerprint density at radius 2 is 1.88 bits per heavy atom. The number of ether oxygens (including phenoxy) is 3. The topological polar surface area (TPSA) is 84.1 Å². The lowest BCUT2D eigenvalue weighted by Gasteiger charge is -2.41. The maximum absolute atomic E-state index is 13.8. The minimum Gasteiger partial charge on any atom is -0.467 e. The van der Waals surface area contributed by atoms with Crippen LogP contribution >= 0.6 is 0 Å². The summed E-state index contributed by atoms with van der Waals surface area (Å²) >= 11 is 0. The molecule has 0 fully saturated rings. The van der Waals surface area contributed by atoms with Gasteiger partial charge < -0.3 is 24.1 Å². The quantitative estimate of drug-likeness (QED) is 0.565. The molecule has 0 bridgehead atoms. The van der Waals surface area contributed by atoms with Crippen molar-refractivity contribution in [3.63, 3.8) is 0 Å². The first-order valence-electron chi connectivity index (χ1n) is 11.7. The smallest absolute Gasteiger partial charge is 0.328 e. The summed E-state index contributed by atoms with van der Waals surface area (Å²) in [4.78, 5) is 34.1. The number of nitrogens with zero attached hydrogens (tertiary/aromatic N) is 2. The van der Waals surface area contributed by atoms with Crippen molar-refractivity contribution in [1.82, 2.24) is 14.8 Å². The van der Waals surface area contributed by atoms with E-state index in [2.05, 4.69) is 4.98 Å². The summed E-state index contributed by atoms with van der Waals surface area (Å²) in [6.07, 6.45) is 0.386. The molecule has 2 aliphatic heterocycles. The molecule has 1 N–H and O–H groups in total. The van der Waals surface area contributed by atoms with E-state index in [0.717, 1.165) is 40.8 Å². The van der Waals surface area contributed by atoms with E-state index in [0.29, 0.717) is 17.9 Å². The number of carbonyl (C=O) groups is 2. The molecule has 2 aromatic carbocycles. The number of hydrogen-bond acceptors (Lipinski definition) is 6. The predicted octanol–water partition coefficient (Wildman–Crippen LogP) is 3.25. The van der Waals surface area contributed by atoms with Gasteiger partial charge in [-0.2, -0.15) is 0 Å². The van der Waals surface area contributed by atoms with E-state index in [9.17, 15) is 9.59 Å². The second-order valence-corrected chi connectivity index (χ2v) is 8.58. The number of aromatic nitrogens is 1. The van der Waals surface area contributed by atoms with Crippen LogP contribution in [0.15, 0.2) is 42.5 Å². The van der Waals surface area contributed by atoms with Crippen LogP contribution in [0.4, 0.5) is 0 Å². The molecule has 0 spiro atoms. The van der Waals surface area contributed by atoms with E-state index in [1.807, 2.05) is 61.2 Å². The van der Waals surface area contributed by atoms with Crippen LogP contribution in [-0.2, 0) is 20.7 Å². The number of aromatic amines is 1. The highest BCUT2D eigenvalue weighted by molar-refractivity contribution is 5.91. The van der Waals surface area contributed by atoms with Gasteiger partial charge in [-0.1, -0.05) is 38.1 Å².